The van der Waals surface area contributed by atoms with Crippen LogP contribution in [-0.2, 0) is 30.7 Å². The third kappa shape index (κ3) is 3.56. The maximum absolute atomic E-state index is 13.8. The van der Waals surface area contributed by atoms with Gasteiger partial charge in [0.05, 0.1) is 19.2 Å². The third-order valence-electron chi connectivity index (χ3n) is 6.81. The normalized spacial score (nSPS) is 24.3. The molecule has 12 heteroatoms. The minimum atomic E-state index is -4.07. The molecule has 0 spiro atoms. The van der Waals surface area contributed by atoms with Gasteiger partial charge in [-0.1, -0.05) is 65.9 Å². The van der Waals surface area contributed by atoms with Gasteiger partial charge in [0.1, 0.15) is 15.8 Å². The van der Waals surface area contributed by atoms with E-state index in [1.165, 1.54) is 6.92 Å². The molecule has 0 radical (unpaired) electrons. The average Bonchev–Trinajstić information content (AvgIpc) is 3.37. The van der Waals surface area contributed by atoms with Gasteiger partial charge in [-0.2, -0.15) is 0 Å². The van der Waals surface area contributed by atoms with Crippen LogP contribution in [0.4, 0.5) is 0 Å². The van der Waals surface area contributed by atoms with Gasteiger partial charge in [0.25, 0.3) is 5.91 Å². The monoisotopic (exact) mass is 509 g/mol. The van der Waals surface area contributed by atoms with Crippen LogP contribution in [0.2, 0.25) is 0 Å². The molecule has 2 aromatic carbocycles. The smallest absolute Gasteiger partial charge is 0.331 e. The van der Waals surface area contributed by atoms with Crippen molar-refractivity contribution in [3.63, 3.8) is 0 Å². The lowest BCUT2D eigenvalue weighted by atomic mass is 9.95. The Hall–Kier alpha value is -4.06. The van der Waals surface area contributed by atoms with Gasteiger partial charge in [0, 0.05) is 0 Å². The molecule has 0 bridgehead atoms. The lowest BCUT2D eigenvalue weighted by Crippen LogP contribution is -2.58. The number of β-lactam (4-membered cyclic amide) rings is 1. The molecule has 2 fully saturated rings. The van der Waals surface area contributed by atoms with Crippen LogP contribution in [0.25, 0.3) is 0 Å². The first-order chi connectivity index (χ1) is 17.1. The molecule has 3 heterocycles. The number of ether oxygens (including phenoxy) is 1. The number of hydrogen-bond donors (Lipinski definition) is 1. The highest BCUT2D eigenvalue weighted by Crippen LogP contribution is 2.47. The fraction of sp³-hybridized carbons (Fsp3) is 0.292. The second kappa shape index (κ2) is 8.55. The molecule has 2 amide bonds. The summed E-state index contributed by atoms with van der Waals surface area (Å²) in [6.07, 6.45) is 0.0409. The SMILES string of the molecule is C[C@]1(Cn2nncc2C(N)=O)[C@H](C(=O)OC(c2ccccc2)c2ccccc2)N2C(=O)C[C@H]2S1(=O)=O. The third-order valence-corrected chi connectivity index (χ3v) is 9.57. The first-order valence-corrected chi connectivity index (χ1v) is 12.7. The Labute approximate surface area is 206 Å². The number of carbonyl (C=O) groups is 3. The van der Waals surface area contributed by atoms with E-state index in [9.17, 15) is 22.8 Å². The Morgan fingerprint density at radius 3 is 2.22 bits per heavy atom. The number of hydrogen-bond acceptors (Lipinski definition) is 8. The number of aromatic nitrogens is 3. The highest BCUT2D eigenvalue weighted by Gasteiger charge is 2.70. The van der Waals surface area contributed by atoms with Gasteiger partial charge in [0.15, 0.2) is 22.0 Å². The number of esters is 1. The zero-order chi connectivity index (χ0) is 25.7. The van der Waals surface area contributed by atoms with E-state index in [2.05, 4.69) is 10.3 Å². The van der Waals surface area contributed by atoms with E-state index in [-0.39, 0.29) is 12.1 Å². The van der Waals surface area contributed by atoms with Gasteiger partial charge in [-0.05, 0) is 18.1 Å². The Balaban J connectivity index is 1.56. The van der Waals surface area contributed by atoms with E-state index in [0.29, 0.717) is 11.1 Å². The van der Waals surface area contributed by atoms with Crippen LogP contribution in [0.15, 0.2) is 66.9 Å². The first kappa shape index (κ1) is 23.7. The molecule has 2 aliphatic rings. The Morgan fingerprint density at radius 1 is 1.11 bits per heavy atom. The maximum atomic E-state index is 13.8. The zero-order valence-corrected chi connectivity index (χ0v) is 20.0. The van der Waals surface area contributed by atoms with E-state index in [1.807, 2.05) is 12.1 Å². The number of rotatable bonds is 7. The highest BCUT2D eigenvalue weighted by molar-refractivity contribution is 7.93. The van der Waals surface area contributed by atoms with E-state index >= 15 is 0 Å². The topological polar surface area (TPSA) is 155 Å². The molecular weight excluding hydrogens is 486 g/mol. The van der Waals surface area contributed by atoms with Crippen molar-refractivity contribution in [2.45, 2.75) is 42.2 Å². The number of fused-ring (bicyclic) bond motifs is 1. The summed E-state index contributed by atoms with van der Waals surface area (Å²) >= 11 is 0. The van der Waals surface area contributed by atoms with Crippen LogP contribution in [-0.4, -0.2) is 62.3 Å². The minimum absolute atomic E-state index is 0.120. The van der Waals surface area contributed by atoms with Crippen molar-refractivity contribution in [1.82, 2.24) is 19.9 Å². The van der Waals surface area contributed by atoms with Crippen molar-refractivity contribution < 1.29 is 27.5 Å². The average molecular weight is 510 g/mol. The molecule has 5 rings (SSSR count). The van der Waals surface area contributed by atoms with Gasteiger partial charge in [0.2, 0.25) is 5.91 Å². The van der Waals surface area contributed by atoms with Gasteiger partial charge >= 0.3 is 5.97 Å². The summed E-state index contributed by atoms with van der Waals surface area (Å²) in [7, 11) is -4.07. The molecule has 1 aromatic heterocycles. The molecule has 186 valence electrons. The summed E-state index contributed by atoms with van der Waals surface area (Å²) in [6.45, 7) is 0.932. The lowest BCUT2D eigenvalue weighted by molar-refractivity contribution is -0.164. The molecule has 0 unspecified atom stereocenters. The molecule has 3 aromatic rings. The van der Waals surface area contributed by atoms with Gasteiger partial charge < -0.3 is 15.4 Å². The minimum Gasteiger partial charge on any atom is -0.451 e. The summed E-state index contributed by atoms with van der Waals surface area (Å²) < 4.78 is 32.3. The molecule has 11 nitrogen and oxygen atoms in total. The molecule has 2 N–H and O–H groups in total. The fourth-order valence-corrected chi connectivity index (χ4v) is 7.24. The van der Waals surface area contributed by atoms with Crippen molar-refractivity contribution in [2.24, 2.45) is 5.73 Å². The second-order valence-corrected chi connectivity index (χ2v) is 11.6. The quantitative estimate of drug-likeness (QED) is 0.363. The van der Waals surface area contributed by atoms with Gasteiger partial charge in [-0.3, -0.25) is 9.59 Å². The van der Waals surface area contributed by atoms with Crippen molar-refractivity contribution >= 4 is 27.6 Å². The highest BCUT2D eigenvalue weighted by atomic mass is 32.2. The number of primary amides is 1. The molecule has 0 aliphatic carbocycles. The summed E-state index contributed by atoms with van der Waals surface area (Å²) in [4.78, 5) is 39.2. The number of sulfone groups is 1. The molecule has 3 atom stereocenters. The first-order valence-electron chi connectivity index (χ1n) is 11.2. The Kier molecular flexibility index (Phi) is 5.62. The van der Waals surface area contributed by atoms with Crippen molar-refractivity contribution in [2.75, 3.05) is 0 Å². The lowest BCUT2D eigenvalue weighted by Gasteiger charge is -2.37. The second-order valence-electron chi connectivity index (χ2n) is 9.00. The Bertz CT molecular complexity index is 1400. The molecule has 2 saturated heterocycles. The summed E-state index contributed by atoms with van der Waals surface area (Å²) in [5.41, 5.74) is 6.62. The number of nitrogens with zero attached hydrogens (tertiary/aromatic N) is 4. The number of nitrogens with two attached hydrogens (primary N) is 1. The number of carbonyl (C=O) groups excluding carboxylic acids is 3. The number of benzene rings is 2. The van der Waals surface area contributed by atoms with Gasteiger partial charge in [-0.15, -0.1) is 5.10 Å². The fourth-order valence-electron chi connectivity index (χ4n) is 4.90. The maximum Gasteiger partial charge on any atom is 0.331 e. The van der Waals surface area contributed by atoms with Crippen LogP contribution in [0.5, 0.6) is 0 Å². The predicted octanol–water partition coefficient (Wildman–Crippen LogP) is 0.824. The van der Waals surface area contributed by atoms with E-state index < -0.39 is 56.4 Å². The van der Waals surface area contributed by atoms with Crippen LogP contribution in [0.3, 0.4) is 0 Å². The summed E-state index contributed by atoms with van der Waals surface area (Å²) in [5.74, 6) is -2.21. The predicted molar refractivity (Wildman–Crippen MR) is 126 cm³/mol. The van der Waals surface area contributed by atoms with Crippen LogP contribution in [0, 0.1) is 0 Å². The van der Waals surface area contributed by atoms with Crippen LogP contribution < -0.4 is 5.73 Å². The van der Waals surface area contributed by atoms with Crippen molar-refractivity contribution in [3.05, 3.63) is 83.7 Å². The molecule has 2 aliphatic heterocycles. The zero-order valence-electron chi connectivity index (χ0n) is 19.2. The molecular formula is C24H23N5O6S. The van der Waals surface area contributed by atoms with Crippen molar-refractivity contribution in [3.8, 4) is 0 Å². The summed E-state index contributed by atoms with van der Waals surface area (Å²) in [5, 5.41) is 6.28. The largest absolute Gasteiger partial charge is 0.451 e. The summed E-state index contributed by atoms with van der Waals surface area (Å²) in [6, 6.07) is 16.6. The molecule has 36 heavy (non-hydrogen) atoms. The van der Waals surface area contributed by atoms with E-state index in [4.69, 9.17) is 10.5 Å². The van der Waals surface area contributed by atoms with Gasteiger partial charge in [-0.25, -0.2) is 17.9 Å². The van der Waals surface area contributed by atoms with Crippen LogP contribution >= 0.6 is 0 Å². The van der Waals surface area contributed by atoms with Crippen molar-refractivity contribution in [1.29, 1.82) is 0 Å². The standard InChI is InChI=1S/C24H23N5O6S/c1-24(14-28-17(22(25)31)13-26-27-28)21(29-18(30)12-19(29)36(24,33)34)23(32)35-20(15-8-4-2-5-9-15)16-10-6-3-7-11-16/h2-11,13,19-21H,12,14H2,1H3,(H2,25,31)/t19-,21+,24+/m1/s1. The molecule has 0 saturated carbocycles. The number of amides is 2. The van der Waals surface area contributed by atoms with E-state index in [1.54, 1.807) is 48.5 Å². The Morgan fingerprint density at radius 2 is 1.69 bits per heavy atom. The van der Waals surface area contributed by atoms with Crippen LogP contribution in [0.1, 0.15) is 41.1 Å². The van der Waals surface area contributed by atoms with E-state index in [0.717, 1.165) is 15.8 Å².